The Morgan fingerprint density at radius 3 is 1.94 bits per heavy atom. The number of hydrogen-bond acceptors (Lipinski definition) is 4. The fourth-order valence-corrected chi connectivity index (χ4v) is 1.12. The summed E-state index contributed by atoms with van der Waals surface area (Å²) in [5, 5.41) is 5.98. The van der Waals surface area contributed by atoms with Crippen LogP contribution in [0.5, 0.6) is 0 Å². The number of nitrogens with zero attached hydrogens (tertiary/aromatic N) is 1. The lowest BCUT2D eigenvalue weighted by molar-refractivity contribution is -0.126. The van der Waals surface area contributed by atoms with Crippen LogP contribution in [-0.2, 0) is 9.59 Å². The van der Waals surface area contributed by atoms with Crippen molar-refractivity contribution in [2.45, 2.75) is 6.92 Å². The van der Waals surface area contributed by atoms with E-state index < -0.39 is 0 Å². The van der Waals surface area contributed by atoms with Crippen LogP contribution < -0.4 is 10.6 Å². The highest BCUT2D eigenvalue weighted by atomic mass is 16.2. The molecule has 5 heteroatoms. The summed E-state index contributed by atoms with van der Waals surface area (Å²) in [5.41, 5.74) is 0. The molecule has 0 unspecified atom stereocenters. The Labute approximate surface area is 96.9 Å². The molecule has 16 heavy (non-hydrogen) atoms. The number of rotatable bonds is 8. The first kappa shape index (κ1) is 14.8. The molecule has 0 aliphatic heterocycles. The Bertz CT molecular complexity index is 244. The number of ketones is 1. The number of allylic oxidation sites excluding steroid dienone is 1. The lowest BCUT2D eigenvalue weighted by Gasteiger charge is -2.20. The number of amides is 1. The smallest absolute Gasteiger partial charge is 0.246 e. The van der Waals surface area contributed by atoms with E-state index in [1.807, 2.05) is 14.1 Å². The van der Waals surface area contributed by atoms with Gasteiger partial charge in [-0.15, -0.1) is 0 Å². The van der Waals surface area contributed by atoms with E-state index in [2.05, 4.69) is 10.6 Å². The molecule has 0 aliphatic rings. The summed E-state index contributed by atoms with van der Waals surface area (Å²) in [6, 6.07) is 0. The van der Waals surface area contributed by atoms with Crippen molar-refractivity contribution in [2.24, 2.45) is 0 Å². The highest BCUT2D eigenvalue weighted by Gasteiger charge is 2.08. The Morgan fingerprint density at radius 2 is 1.56 bits per heavy atom. The molecule has 0 spiro atoms. The molecule has 0 bridgehead atoms. The predicted octanol–water partition coefficient (Wildman–Crippen LogP) is -0.601. The second-order valence-electron chi connectivity index (χ2n) is 3.48. The molecule has 0 fully saturated rings. The van der Waals surface area contributed by atoms with Crippen molar-refractivity contribution < 1.29 is 9.59 Å². The maximum atomic E-state index is 11.7. The summed E-state index contributed by atoms with van der Waals surface area (Å²) in [6.07, 6.45) is 2.63. The van der Waals surface area contributed by atoms with Gasteiger partial charge in [-0.3, -0.25) is 9.59 Å². The molecule has 0 rings (SSSR count). The van der Waals surface area contributed by atoms with Crippen molar-refractivity contribution in [3.05, 3.63) is 12.2 Å². The van der Waals surface area contributed by atoms with E-state index >= 15 is 0 Å². The minimum Gasteiger partial charge on any atom is -0.337 e. The fraction of sp³-hybridized carbons (Fsp3) is 0.636. The number of carbonyl (C=O) groups excluding carboxylic acids is 2. The normalized spacial score (nSPS) is 10.7. The van der Waals surface area contributed by atoms with Crippen molar-refractivity contribution in [3.63, 3.8) is 0 Å². The molecule has 5 nitrogen and oxygen atoms in total. The van der Waals surface area contributed by atoms with Gasteiger partial charge in [0.15, 0.2) is 5.78 Å². The molecule has 2 N–H and O–H groups in total. The third-order valence-corrected chi connectivity index (χ3v) is 2.04. The SMILES string of the molecule is CNCCN(CCNC)C(=O)/C=C\C(C)=O. The van der Waals surface area contributed by atoms with Crippen LogP contribution in [0.3, 0.4) is 0 Å². The van der Waals surface area contributed by atoms with Crippen molar-refractivity contribution in [2.75, 3.05) is 40.3 Å². The van der Waals surface area contributed by atoms with Crippen LogP contribution in [-0.4, -0.2) is 56.9 Å². The molecule has 0 aromatic rings. The summed E-state index contributed by atoms with van der Waals surface area (Å²) >= 11 is 0. The van der Waals surface area contributed by atoms with Crippen LogP contribution in [0.15, 0.2) is 12.2 Å². The standard InChI is InChI=1S/C11H21N3O2/c1-10(15)4-5-11(16)14(8-6-12-2)9-7-13-3/h4-5,12-13H,6-9H2,1-3H3/b5-4-. The zero-order chi connectivity index (χ0) is 12.4. The third kappa shape index (κ3) is 7.14. The molecule has 0 saturated heterocycles. The minimum atomic E-state index is -0.124. The lowest BCUT2D eigenvalue weighted by atomic mass is 10.3. The monoisotopic (exact) mass is 227 g/mol. The average Bonchev–Trinajstić information content (AvgIpc) is 2.26. The second-order valence-corrected chi connectivity index (χ2v) is 3.48. The summed E-state index contributed by atoms with van der Waals surface area (Å²) in [5.74, 6) is -0.240. The molecular weight excluding hydrogens is 206 g/mol. The fourth-order valence-electron chi connectivity index (χ4n) is 1.12. The van der Waals surface area contributed by atoms with Crippen LogP contribution in [0.2, 0.25) is 0 Å². The summed E-state index contributed by atoms with van der Waals surface area (Å²) < 4.78 is 0. The van der Waals surface area contributed by atoms with E-state index in [4.69, 9.17) is 0 Å². The van der Waals surface area contributed by atoms with E-state index in [0.29, 0.717) is 13.1 Å². The van der Waals surface area contributed by atoms with Crippen LogP contribution in [0, 0.1) is 0 Å². The van der Waals surface area contributed by atoms with E-state index in [-0.39, 0.29) is 11.7 Å². The highest BCUT2D eigenvalue weighted by Crippen LogP contribution is 1.91. The first-order valence-electron chi connectivity index (χ1n) is 5.38. The maximum Gasteiger partial charge on any atom is 0.246 e. The molecule has 92 valence electrons. The van der Waals surface area contributed by atoms with Crippen LogP contribution in [0.25, 0.3) is 0 Å². The van der Waals surface area contributed by atoms with Gasteiger partial charge < -0.3 is 15.5 Å². The van der Waals surface area contributed by atoms with E-state index in [9.17, 15) is 9.59 Å². The largest absolute Gasteiger partial charge is 0.337 e. The van der Waals surface area contributed by atoms with Gasteiger partial charge in [0.1, 0.15) is 0 Å². The summed E-state index contributed by atoms with van der Waals surface area (Å²) in [6.45, 7) is 4.18. The topological polar surface area (TPSA) is 61.4 Å². The number of carbonyl (C=O) groups is 2. The van der Waals surface area contributed by atoms with Crippen molar-refractivity contribution in [3.8, 4) is 0 Å². The number of hydrogen-bond donors (Lipinski definition) is 2. The van der Waals surface area contributed by atoms with E-state index in [1.54, 1.807) is 4.90 Å². The zero-order valence-corrected chi connectivity index (χ0v) is 10.2. The second kappa shape index (κ2) is 9.06. The van der Waals surface area contributed by atoms with Gasteiger partial charge in [0, 0.05) is 32.3 Å². The molecule has 0 heterocycles. The Kier molecular flexibility index (Phi) is 8.38. The molecule has 0 saturated carbocycles. The van der Waals surface area contributed by atoms with Gasteiger partial charge in [0.25, 0.3) is 0 Å². The van der Waals surface area contributed by atoms with E-state index in [0.717, 1.165) is 13.1 Å². The lowest BCUT2D eigenvalue weighted by Crippen LogP contribution is -2.39. The van der Waals surface area contributed by atoms with Crippen molar-refractivity contribution >= 4 is 11.7 Å². The Balaban J connectivity index is 4.24. The highest BCUT2D eigenvalue weighted by molar-refractivity contribution is 5.96. The van der Waals surface area contributed by atoms with Crippen molar-refractivity contribution in [1.82, 2.24) is 15.5 Å². The first-order chi connectivity index (χ1) is 7.61. The molecule has 0 aromatic carbocycles. The van der Waals surface area contributed by atoms with Gasteiger partial charge >= 0.3 is 0 Å². The molecule has 0 aliphatic carbocycles. The number of nitrogens with one attached hydrogen (secondary N) is 2. The molecule has 0 radical (unpaired) electrons. The van der Waals surface area contributed by atoms with Gasteiger partial charge in [0.2, 0.25) is 5.91 Å². The maximum absolute atomic E-state index is 11.7. The number of likely N-dealkylation sites (N-methyl/N-ethyl adjacent to an activating group) is 2. The van der Waals surface area contributed by atoms with E-state index in [1.165, 1.54) is 19.1 Å². The van der Waals surface area contributed by atoms with Crippen LogP contribution >= 0.6 is 0 Å². The first-order valence-corrected chi connectivity index (χ1v) is 5.38. The van der Waals surface area contributed by atoms with Crippen molar-refractivity contribution in [1.29, 1.82) is 0 Å². The summed E-state index contributed by atoms with van der Waals surface area (Å²) in [7, 11) is 3.68. The molecule has 0 atom stereocenters. The van der Waals surface area contributed by atoms with Crippen LogP contribution in [0.1, 0.15) is 6.92 Å². The quantitative estimate of drug-likeness (QED) is 0.544. The third-order valence-electron chi connectivity index (χ3n) is 2.04. The summed E-state index contributed by atoms with van der Waals surface area (Å²) in [4.78, 5) is 24.1. The van der Waals surface area contributed by atoms with Gasteiger partial charge in [-0.25, -0.2) is 0 Å². The average molecular weight is 227 g/mol. The van der Waals surface area contributed by atoms with Gasteiger partial charge in [-0.05, 0) is 27.1 Å². The molecule has 1 amide bonds. The van der Waals surface area contributed by atoms with Gasteiger partial charge in [-0.2, -0.15) is 0 Å². The zero-order valence-electron chi connectivity index (χ0n) is 10.2. The van der Waals surface area contributed by atoms with Gasteiger partial charge in [0.05, 0.1) is 0 Å². The molecular formula is C11H21N3O2. The molecule has 0 aromatic heterocycles. The minimum absolute atomic E-state index is 0.115. The van der Waals surface area contributed by atoms with Crippen LogP contribution in [0.4, 0.5) is 0 Å². The Hall–Kier alpha value is -1.20. The van der Waals surface area contributed by atoms with Gasteiger partial charge in [-0.1, -0.05) is 0 Å². The predicted molar refractivity (Wildman–Crippen MR) is 64.3 cm³/mol. The Morgan fingerprint density at radius 1 is 1.06 bits per heavy atom.